The number of carbonyl (C=O) groups is 6. The van der Waals surface area contributed by atoms with Crippen molar-refractivity contribution in [2.24, 2.45) is 0 Å². The third-order valence-corrected chi connectivity index (χ3v) is 20.2. The van der Waals surface area contributed by atoms with Gasteiger partial charge in [-0.15, -0.1) is 0 Å². The monoisotopic (exact) mass is 1440 g/mol. The third kappa shape index (κ3) is 55.3. The molecule has 0 unspecified atom stereocenters. The molecule has 0 spiro atoms. The van der Waals surface area contributed by atoms with Crippen LogP contribution in [0.25, 0.3) is 0 Å². The number of aliphatic hydroxyl groups is 1. The second kappa shape index (κ2) is 66.5. The van der Waals surface area contributed by atoms with E-state index in [0.717, 1.165) is 148 Å². The number of carboxylic acid groups (broad SMARTS) is 1. The molecule has 0 aliphatic carbocycles. The highest BCUT2D eigenvalue weighted by molar-refractivity contribution is 7.46. The summed E-state index contributed by atoms with van der Waals surface area (Å²) in [5.41, 5.74) is 0. The SMILES string of the molecule is CCCCCCCCCCCCCC(=O)N[C@@H](CCO[C@@H]1O[C@H](CO)[C@@H](OP(=O)(O)O)[C@H](OC(=O)C[C@@H](CCCCCCCCCCC)OC(=O)CCCCCCCCCCCCC)[C@H]1NC(=O)C[C@@H](CCCCCCCCCCC)OC(=O)CCCCCCCCCCCCC)C(=O)O. The number of amides is 2. The standard InChI is InChI=1S/C80H151N2O17P/c1-6-11-16-21-26-31-34-39-44-49-54-59-71(84)81-69(79(89)90)62-63-94-80-76(82-72(85)64-67(57-52-47-42-37-29-24-19-14-9-4)95-73(86)60-55-50-45-40-35-32-27-22-17-12-7-2)78(77(70(66-83)97-80)99-100(91,92)93)98-75(88)65-68(58-53-48-43-38-30-25-20-15-10-5)96-74(87)61-56-51-46-41-36-33-28-23-18-13-8-3/h67-70,76-78,80,83H,6-66H2,1-5H3,(H,81,84)(H,82,85)(H,89,90)(H2,91,92,93)/t67-,68-,69+,70-,76-,77-,78-,80-/m1/s1. The average Bonchev–Trinajstić information content (AvgIpc) is 0.782. The Morgan fingerprint density at radius 3 is 1.08 bits per heavy atom. The topological polar surface area (TPSA) is 280 Å². The van der Waals surface area contributed by atoms with Crippen molar-refractivity contribution in [3.05, 3.63) is 0 Å². The molecule has 8 atom stereocenters. The Labute approximate surface area is 608 Å². The molecule has 0 saturated carbocycles. The van der Waals surface area contributed by atoms with E-state index in [1.807, 2.05) is 0 Å². The Morgan fingerprint density at radius 1 is 0.410 bits per heavy atom. The number of ether oxygens (including phenoxy) is 5. The van der Waals surface area contributed by atoms with Gasteiger partial charge in [-0.25, -0.2) is 9.36 Å². The molecule has 0 aromatic heterocycles. The third-order valence-electron chi connectivity index (χ3n) is 19.6. The van der Waals surface area contributed by atoms with Crippen LogP contribution in [0, 0.1) is 0 Å². The van der Waals surface area contributed by atoms with E-state index in [4.69, 9.17) is 28.2 Å². The number of carboxylic acids is 1. The van der Waals surface area contributed by atoms with Crippen molar-refractivity contribution >= 4 is 43.5 Å². The van der Waals surface area contributed by atoms with Gasteiger partial charge >= 0.3 is 31.7 Å². The van der Waals surface area contributed by atoms with E-state index in [-0.39, 0.29) is 32.1 Å². The van der Waals surface area contributed by atoms with Crippen molar-refractivity contribution in [3.8, 4) is 0 Å². The molecule has 0 bridgehead atoms. The van der Waals surface area contributed by atoms with E-state index in [1.54, 1.807) is 0 Å². The van der Waals surface area contributed by atoms with Gasteiger partial charge in [0.1, 0.15) is 36.5 Å². The van der Waals surface area contributed by atoms with E-state index in [2.05, 4.69) is 45.3 Å². The lowest BCUT2D eigenvalue weighted by molar-refractivity contribution is -0.271. The fraction of sp³-hybridized carbons (Fsp3) is 0.925. The van der Waals surface area contributed by atoms with Gasteiger partial charge in [0.2, 0.25) is 11.8 Å². The van der Waals surface area contributed by atoms with Crippen LogP contribution in [-0.4, -0.2) is 118 Å². The average molecular weight is 1440 g/mol. The molecule has 2 amide bonds. The van der Waals surface area contributed by atoms with Crippen molar-refractivity contribution in [3.63, 3.8) is 0 Å². The van der Waals surface area contributed by atoms with Crippen LogP contribution in [0.4, 0.5) is 0 Å². The molecule has 19 nitrogen and oxygen atoms in total. The molecule has 1 aliphatic rings. The number of hydrogen-bond donors (Lipinski definition) is 6. The van der Waals surface area contributed by atoms with Gasteiger partial charge < -0.3 is 54.3 Å². The van der Waals surface area contributed by atoms with Gasteiger partial charge in [0.15, 0.2) is 12.4 Å². The number of aliphatic hydroxyl groups excluding tert-OH is 1. The van der Waals surface area contributed by atoms with Gasteiger partial charge in [-0.1, -0.05) is 330 Å². The van der Waals surface area contributed by atoms with E-state index in [9.17, 15) is 53.3 Å². The van der Waals surface area contributed by atoms with Gasteiger partial charge in [-0.3, -0.25) is 28.5 Å². The molecule has 1 fully saturated rings. The highest BCUT2D eigenvalue weighted by atomic mass is 31.2. The first-order valence-electron chi connectivity index (χ1n) is 41.5. The minimum Gasteiger partial charge on any atom is -0.480 e. The smallest absolute Gasteiger partial charge is 0.470 e. The van der Waals surface area contributed by atoms with Crippen LogP contribution in [0.1, 0.15) is 413 Å². The minimum absolute atomic E-state index is 0.126. The van der Waals surface area contributed by atoms with Crippen LogP contribution < -0.4 is 10.6 Å². The molecule has 0 aromatic rings. The summed E-state index contributed by atoms with van der Waals surface area (Å²) in [7, 11) is -5.49. The van der Waals surface area contributed by atoms with Crippen LogP contribution in [0.3, 0.4) is 0 Å². The van der Waals surface area contributed by atoms with E-state index < -0.39 is 112 Å². The fourth-order valence-corrected chi connectivity index (χ4v) is 14.1. The van der Waals surface area contributed by atoms with E-state index in [1.165, 1.54) is 148 Å². The van der Waals surface area contributed by atoms with Crippen molar-refractivity contribution in [1.82, 2.24) is 10.6 Å². The lowest BCUT2D eigenvalue weighted by Gasteiger charge is -2.45. The van der Waals surface area contributed by atoms with Crippen LogP contribution in [0.15, 0.2) is 0 Å². The zero-order valence-electron chi connectivity index (χ0n) is 64.3. The molecule has 20 heteroatoms. The predicted molar refractivity (Wildman–Crippen MR) is 401 cm³/mol. The number of nitrogens with one attached hydrogen (secondary N) is 2. The number of carbonyl (C=O) groups excluding carboxylic acids is 5. The number of esters is 3. The quantitative estimate of drug-likeness (QED) is 0.0143. The van der Waals surface area contributed by atoms with Gasteiger partial charge in [0.05, 0.1) is 26.1 Å². The summed E-state index contributed by atoms with van der Waals surface area (Å²) in [5, 5.41) is 26.6. The summed E-state index contributed by atoms with van der Waals surface area (Å²) in [6.07, 6.45) is 46.3. The number of unbranched alkanes of at least 4 members (excludes halogenated alkanes) is 46. The lowest BCUT2D eigenvalue weighted by atomic mass is 9.95. The number of rotatable bonds is 73. The largest absolute Gasteiger partial charge is 0.480 e. The molecule has 588 valence electrons. The van der Waals surface area contributed by atoms with Crippen molar-refractivity contribution < 1.29 is 81.5 Å². The van der Waals surface area contributed by atoms with Crippen molar-refractivity contribution in [2.75, 3.05) is 13.2 Å². The number of phosphoric acid groups is 1. The summed E-state index contributed by atoms with van der Waals surface area (Å²) < 4.78 is 49.0. The Morgan fingerprint density at radius 2 is 0.740 bits per heavy atom. The second-order valence-electron chi connectivity index (χ2n) is 29.2. The summed E-state index contributed by atoms with van der Waals surface area (Å²) in [6, 6.07) is -3.05. The second-order valence-corrected chi connectivity index (χ2v) is 30.4. The molecule has 0 aromatic carbocycles. The number of aliphatic carboxylic acids is 1. The normalized spacial score (nSPS) is 17.2. The van der Waals surface area contributed by atoms with Crippen LogP contribution in [-0.2, 0) is 61.5 Å². The zero-order valence-corrected chi connectivity index (χ0v) is 65.2. The van der Waals surface area contributed by atoms with Crippen LogP contribution >= 0.6 is 7.82 Å². The molecule has 6 N–H and O–H groups in total. The molecular formula is C80H151N2O17P. The van der Waals surface area contributed by atoms with E-state index in [0.29, 0.717) is 44.9 Å². The first-order valence-corrected chi connectivity index (χ1v) is 43.1. The summed E-state index contributed by atoms with van der Waals surface area (Å²) in [4.78, 5) is 103. The highest BCUT2D eigenvalue weighted by Crippen LogP contribution is 2.42. The summed E-state index contributed by atoms with van der Waals surface area (Å²) in [5.74, 6) is -4.35. The van der Waals surface area contributed by atoms with Gasteiger partial charge in [0.25, 0.3) is 0 Å². The van der Waals surface area contributed by atoms with Crippen molar-refractivity contribution in [1.29, 1.82) is 0 Å². The molecule has 100 heavy (non-hydrogen) atoms. The van der Waals surface area contributed by atoms with Gasteiger partial charge in [0, 0.05) is 25.7 Å². The van der Waals surface area contributed by atoms with Gasteiger partial charge in [-0.05, 0) is 44.9 Å². The maximum atomic E-state index is 14.7. The first kappa shape index (κ1) is 94.8. The summed E-state index contributed by atoms with van der Waals surface area (Å²) >= 11 is 0. The highest BCUT2D eigenvalue weighted by Gasteiger charge is 2.52. The van der Waals surface area contributed by atoms with Crippen LogP contribution in [0.5, 0.6) is 0 Å². The minimum atomic E-state index is -5.49. The summed E-state index contributed by atoms with van der Waals surface area (Å²) in [6.45, 7) is 9.64. The molecule has 0 radical (unpaired) electrons. The van der Waals surface area contributed by atoms with Crippen LogP contribution in [0.2, 0.25) is 0 Å². The number of phosphoric ester groups is 1. The number of hydrogen-bond acceptors (Lipinski definition) is 14. The Kier molecular flexibility index (Phi) is 63.0. The zero-order chi connectivity index (χ0) is 73.4. The molecular weight excluding hydrogens is 1290 g/mol. The Bertz CT molecular complexity index is 2030. The Hall–Kier alpha value is -3.19. The maximum absolute atomic E-state index is 14.7. The fourth-order valence-electron chi connectivity index (χ4n) is 13.5. The molecule has 1 saturated heterocycles. The molecule has 1 aliphatic heterocycles. The van der Waals surface area contributed by atoms with E-state index >= 15 is 0 Å². The first-order chi connectivity index (χ1) is 48.5. The van der Waals surface area contributed by atoms with Gasteiger partial charge in [-0.2, -0.15) is 0 Å². The molecule has 1 heterocycles. The predicted octanol–water partition coefficient (Wildman–Crippen LogP) is 20.1. The maximum Gasteiger partial charge on any atom is 0.470 e. The van der Waals surface area contributed by atoms with Crippen molar-refractivity contribution in [2.45, 2.75) is 462 Å². The molecule has 1 rings (SSSR count). The Balaban J connectivity index is 3.61. The lowest BCUT2D eigenvalue weighted by Crippen LogP contribution is -2.66.